The second-order valence-electron chi connectivity index (χ2n) is 6.94. The molecule has 3 aromatic rings. The SMILES string of the molecule is CC[C@H](NC(=O)/C(=C/c1ccco1)NC(=O)c1ccccc1)c1ccc(OC)c(OC)c1. The molecule has 2 aromatic carbocycles. The van der Waals surface area contributed by atoms with E-state index in [0.29, 0.717) is 29.2 Å². The predicted molar refractivity (Wildman–Crippen MR) is 121 cm³/mol. The molecule has 0 fully saturated rings. The molecular weight excluding hydrogens is 408 g/mol. The highest BCUT2D eigenvalue weighted by molar-refractivity contribution is 6.05. The predicted octanol–water partition coefficient (Wildman–Crippen LogP) is 4.34. The highest BCUT2D eigenvalue weighted by Gasteiger charge is 2.20. The molecule has 7 nitrogen and oxygen atoms in total. The molecule has 7 heteroatoms. The minimum atomic E-state index is -0.438. The molecule has 3 rings (SSSR count). The van der Waals surface area contributed by atoms with Crippen LogP contribution in [0.25, 0.3) is 6.08 Å². The first-order chi connectivity index (χ1) is 15.5. The Morgan fingerprint density at radius 1 is 1.00 bits per heavy atom. The third-order valence-corrected chi connectivity index (χ3v) is 4.88. The summed E-state index contributed by atoms with van der Waals surface area (Å²) in [6.07, 6.45) is 3.62. The normalized spacial score (nSPS) is 12.0. The van der Waals surface area contributed by atoms with Gasteiger partial charge in [0.25, 0.3) is 11.8 Å². The van der Waals surface area contributed by atoms with Gasteiger partial charge >= 0.3 is 0 Å². The molecule has 2 N–H and O–H groups in total. The van der Waals surface area contributed by atoms with Gasteiger partial charge in [-0.1, -0.05) is 31.2 Å². The zero-order chi connectivity index (χ0) is 22.9. The Labute approximate surface area is 187 Å². The summed E-state index contributed by atoms with van der Waals surface area (Å²) in [6.45, 7) is 1.96. The van der Waals surface area contributed by atoms with E-state index in [-0.39, 0.29) is 11.7 Å². The number of carbonyl (C=O) groups is 2. The summed E-state index contributed by atoms with van der Waals surface area (Å²) in [5, 5.41) is 5.68. The zero-order valence-electron chi connectivity index (χ0n) is 18.3. The van der Waals surface area contributed by atoms with Gasteiger partial charge in [-0.2, -0.15) is 0 Å². The van der Waals surface area contributed by atoms with Crippen molar-refractivity contribution in [1.29, 1.82) is 0 Å². The molecule has 1 heterocycles. The van der Waals surface area contributed by atoms with E-state index in [1.807, 2.05) is 25.1 Å². The third-order valence-electron chi connectivity index (χ3n) is 4.88. The van der Waals surface area contributed by atoms with E-state index < -0.39 is 11.8 Å². The van der Waals surface area contributed by atoms with Gasteiger partial charge in [0.2, 0.25) is 0 Å². The lowest BCUT2D eigenvalue weighted by atomic mass is 10.0. The van der Waals surface area contributed by atoms with Gasteiger partial charge in [0.15, 0.2) is 11.5 Å². The Hall–Kier alpha value is -4.00. The fraction of sp³-hybridized carbons (Fsp3) is 0.200. The van der Waals surface area contributed by atoms with Crippen molar-refractivity contribution in [2.24, 2.45) is 0 Å². The fourth-order valence-corrected chi connectivity index (χ4v) is 3.18. The van der Waals surface area contributed by atoms with Crippen LogP contribution in [0.3, 0.4) is 0 Å². The first-order valence-corrected chi connectivity index (χ1v) is 10.2. The Kier molecular flexibility index (Phi) is 7.70. The Bertz CT molecular complexity index is 1070. The van der Waals surface area contributed by atoms with Gasteiger partial charge in [-0.25, -0.2) is 0 Å². The minimum Gasteiger partial charge on any atom is -0.493 e. The lowest BCUT2D eigenvalue weighted by Gasteiger charge is -2.20. The van der Waals surface area contributed by atoms with Crippen molar-refractivity contribution in [3.05, 3.63) is 89.5 Å². The average Bonchev–Trinajstić information content (AvgIpc) is 3.35. The van der Waals surface area contributed by atoms with Crippen LogP contribution < -0.4 is 20.1 Å². The molecule has 0 saturated heterocycles. The van der Waals surface area contributed by atoms with Crippen LogP contribution in [-0.2, 0) is 4.79 Å². The maximum atomic E-state index is 13.2. The van der Waals surface area contributed by atoms with E-state index >= 15 is 0 Å². The summed E-state index contributed by atoms with van der Waals surface area (Å²) in [4.78, 5) is 25.8. The number of ether oxygens (including phenoxy) is 2. The molecule has 1 atom stereocenters. The van der Waals surface area contributed by atoms with Gasteiger partial charge < -0.3 is 24.5 Å². The van der Waals surface area contributed by atoms with Crippen molar-refractivity contribution in [1.82, 2.24) is 10.6 Å². The summed E-state index contributed by atoms with van der Waals surface area (Å²) < 4.78 is 16.0. The first kappa shape index (κ1) is 22.7. The molecule has 166 valence electrons. The molecule has 0 aliphatic rings. The highest BCUT2D eigenvalue weighted by atomic mass is 16.5. The van der Waals surface area contributed by atoms with E-state index in [0.717, 1.165) is 5.56 Å². The largest absolute Gasteiger partial charge is 0.493 e. The number of furan rings is 1. The average molecular weight is 434 g/mol. The van der Waals surface area contributed by atoms with Crippen LogP contribution in [0.1, 0.15) is 41.1 Å². The second kappa shape index (κ2) is 10.9. The Morgan fingerprint density at radius 3 is 2.38 bits per heavy atom. The monoisotopic (exact) mass is 434 g/mol. The third kappa shape index (κ3) is 5.57. The molecule has 0 spiro atoms. The topological polar surface area (TPSA) is 89.8 Å². The van der Waals surface area contributed by atoms with Crippen LogP contribution in [0.5, 0.6) is 11.5 Å². The van der Waals surface area contributed by atoms with Gasteiger partial charge in [0.1, 0.15) is 11.5 Å². The summed E-state index contributed by atoms with van der Waals surface area (Å²) in [7, 11) is 3.13. The summed E-state index contributed by atoms with van der Waals surface area (Å²) >= 11 is 0. The quantitative estimate of drug-likeness (QED) is 0.489. The van der Waals surface area contributed by atoms with E-state index in [2.05, 4.69) is 10.6 Å². The maximum absolute atomic E-state index is 13.2. The molecular formula is C25H26N2O5. The van der Waals surface area contributed by atoms with Gasteiger partial charge in [0, 0.05) is 11.6 Å². The summed E-state index contributed by atoms with van der Waals surface area (Å²) in [5.74, 6) is 0.792. The number of methoxy groups -OCH3 is 2. The molecule has 0 aliphatic carbocycles. The van der Waals surface area contributed by atoms with Crippen LogP contribution in [0.15, 0.2) is 77.0 Å². The molecule has 2 amide bonds. The maximum Gasteiger partial charge on any atom is 0.268 e. The fourth-order valence-electron chi connectivity index (χ4n) is 3.18. The van der Waals surface area contributed by atoms with Crippen molar-refractivity contribution in [3.8, 4) is 11.5 Å². The number of benzene rings is 2. The number of nitrogens with one attached hydrogen (secondary N) is 2. The van der Waals surface area contributed by atoms with Crippen molar-refractivity contribution in [3.63, 3.8) is 0 Å². The number of carbonyl (C=O) groups excluding carboxylic acids is 2. The minimum absolute atomic E-state index is 0.0766. The summed E-state index contributed by atoms with van der Waals surface area (Å²) in [6, 6.07) is 17.3. The van der Waals surface area contributed by atoms with Crippen molar-refractivity contribution in [2.75, 3.05) is 14.2 Å². The van der Waals surface area contributed by atoms with Crippen molar-refractivity contribution < 1.29 is 23.5 Å². The molecule has 0 radical (unpaired) electrons. The van der Waals surface area contributed by atoms with Crippen molar-refractivity contribution >= 4 is 17.9 Å². The van der Waals surface area contributed by atoms with Crippen molar-refractivity contribution in [2.45, 2.75) is 19.4 Å². The van der Waals surface area contributed by atoms with Crippen LogP contribution >= 0.6 is 0 Å². The highest BCUT2D eigenvalue weighted by Crippen LogP contribution is 2.31. The zero-order valence-corrected chi connectivity index (χ0v) is 18.3. The van der Waals surface area contributed by atoms with E-state index in [1.165, 1.54) is 12.3 Å². The number of hydrogen-bond acceptors (Lipinski definition) is 5. The van der Waals surface area contributed by atoms with E-state index in [4.69, 9.17) is 13.9 Å². The summed E-state index contributed by atoms with van der Waals surface area (Å²) in [5.41, 5.74) is 1.37. The number of rotatable bonds is 9. The van der Waals surface area contributed by atoms with Gasteiger partial charge in [-0.3, -0.25) is 9.59 Å². The molecule has 0 saturated carbocycles. The number of amides is 2. The van der Waals surface area contributed by atoms with E-state index in [9.17, 15) is 9.59 Å². The molecule has 32 heavy (non-hydrogen) atoms. The molecule has 0 aliphatic heterocycles. The van der Waals surface area contributed by atoms with Gasteiger partial charge in [-0.05, 0) is 48.4 Å². The number of hydrogen-bond donors (Lipinski definition) is 2. The second-order valence-corrected chi connectivity index (χ2v) is 6.94. The smallest absolute Gasteiger partial charge is 0.268 e. The van der Waals surface area contributed by atoms with Crippen LogP contribution in [0, 0.1) is 0 Å². The lowest BCUT2D eigenvalue weighted by molar-refractivity contribution is -0.118. The van der Waals surface area contributed by atoms with Crippen LogP contribution in [-0.4, -0.2) is 26.0 Å². The molecule has 1 aromatic heterocycles. The standard InChI is InChI=1S/C25H26N2O5/c1-4-20(18-12-13-22(30-2)23(15-18)31-3)26-25(29)21(16-19-11-8-14-32-19)27-24(28)17-9-6-5-7-10-17/h5-16,20H,4H2,1-3H3,(H,26,29)(H,27,28)/b21-16-/t20-/m0/s1. The first-order valence-electron chi connectivity index (χ1n) is 10.2. The van der Waals surface area contributed by atoms with Crippen LogP contribution in [0.2, 0.25) is 0 Å². The lowest BCUT2D eigenvalue weighted by Crippen LogP contribution is -2.36. The van der Waals surface area contributed by atoms with Gasteiger partial charge in [-0.15, -0.1) is 0 Å². The Morgan fingerprint density at radius 2 is 1.75 bits per heavy atom. The Balaban J connectivity index is 1.84. The van der Waals surface area contributed by atoms with E-state index in [1.54, 1.807) is 56.7 Å². The van der Waals surface area contributed by atoms with Gasteiger partial charge in [0.05, 0.1) is 26.5 Å². The molecule has 0 bridgehead atoms. The molecule has 0 unspecified atom stereocenters. The van der Waals surface area contributed by atoms with Crippen LogP contribution in [0.4, 0.5) is 0 Å².